The minimum absolute atomic E-state index is 0.0637. The fraction of sp³-hybridized carbons (Fsp3) is 0.533. The van der Waals surface area contributed by atoms with Crippen molar-refractivity contribution in [2.24, 2.45) is 5.73 Å². The van der Waals surface area contributed by atoms with E-state index in [1.54, 1.807) is 0 Å². The molecule has 8 heteroatoms. The molecule has 0 aromatic heterocycles. The van der Waals surface area contributed by atoms with Crippen molar-refractivity contribution < 1.29 is 23.1 Å². The van der Waals surface area contributed by atoms with Gasteiger partial charge in [0.25, 0.3) is 0 Å². The summed E-state index contributed by atoms with van der Waals surface area (Å²) in [7, 11) is 0. The second-order valence-electron chi connectivity index (χ2n) is 5.60. The van der Waals surface area contributed by atoms with Crippen molar-refractivity contribution in [2.75, 3.05) is 32.7 Å². The summed E-state index contributed by atoms with van der Waals surface area (Å²) in [6.45, 7) is 3.08. The predicted molar refractivity (Wildman–Crippen MR) is 78.8 cm³/mol. The van der Waals surface area contributed by atoms with Gasteiger partial charge in [-0.3, -0.25) is 14.6 Å². The van der Waals surface area contributed by atoms with E-state index in [1.807, 2.05) is 4.90 Å². The van der Waals surface area contributed by atoms with Crippen LogP contribution < -0.4 is 5.73 Å². The van der Waals surface area contributed by atoms with Gasteiger partial charge in [-0.25, -0.2) is 0 Å². The van der Waals surface area contributed by atoms with Crippen molar-refractivity contribution >= 4 is 5.97 Å². The van der Waals surface area contributed by atoms with Crippen molar-refractivity contribution in [1.82, 2.24) is 9.80 Å². The van der Waals surface area contributed by atoms with Gasteiger partial charge >= 0.3 is 12.1 Å². The first-order valence-corrected chi connectivity index (χ1v) is 7.36. The lowest BCUT2D eigenvalue weighted by atomic mass is 10.1. The van der Waals surface area contributed by atoms with Gasteiger partial charge in [0.2, 0.25) is 0 Å². The molecule has 1 saturated heterocycles. The number of hydrogen-bond donors (Lipinski definition) is 2. The molecule has 1 fully saturated rings. The molecular formula is C15H20F3N3O2. The third-order valence-corrected chi connectivity index (χ3v) is 4.04. The highest BCUT2D eigenvalue weighted by Crippen LogP contribution is 2.29. The van der Waals surface area contributed by atoms with Gasteiger partial charge in [0.05, 0.1) is 5.56 Å². The van der Waals surface area contributed by atoms with E-state index in [4.69, 9.17) is 10.8 Å². The summed E-state index contributed by atoms with van der Waals surface area (Å²) in [5.41, 5.74) is 5.64. The average molecular weight is 331 g/mol. The Labute approximate surface area is 132 Å². The van der Waals surface area contributed by atoms with E-state index >= 15 is 0 Å². The molecule has 0 aliphatic carbocycles. The molecule has 2 rings (SSSR count). The molecule has 0 radical (unpaired) electrons. The molecule has 128 valence electrons. The first-order valence-electron chi connectivity index (χ1n) is 7.36. The Hall–Kier alpha value is -1.64. The third-order valence-electron chi connectivity index (χ3n) is 4.04. The molecule has 1 aliphatic heterocycles. The number of nitrogens with zero attached hydrogens (tertiary/aromatic N) is 2. The molecule has 1 aromatic carbocycles. The molecule has 3 N–H and O–H groups in total. The standard InChI is InChI=1S/C15H20F3N3O2/c16-15(17,18)12-3-1-11(2-4-12)10-20-5-7-21(8-6-20)13(9-19)14(22)23/h1-4,13H,5-10,19H2,(H,22,23)/t13-/m0/s1. The number of rotatable bonds is 5. The van der Waals surface area contributed by atoms with Crippen molar-refractivity contribution in [1.29, 1.82) is 0 Å². The number of hydrogen-bond acceptors (Lipinski definition) is 4. The molecular weight excluding hydrogens is 311 g/mol. The Morgan fingerprint density at radius 2 is 1.74 bits per heavy atom. The zero-order chi connectivity index (χ0) is 17.0. The average Bonchev–Trinajstić information content (AvgIpc) is 2.49. The lowest BCUT2D eigenvalue weighted by Crippen LogP contribution is -2.54. The Morgan fingerprint density at radius 1 is 1.17 bits per heavy atom. The summed E-state index contributed by atoms with van der Waals surface area (Å²) in [4.78, 5) is 15.0. The maximum Gasteiger partial charge on any atom is 0.416 e. The van der Waals surface area contributed by atoms with Crippen molar-refractivity contribution in [3.63, 3.8) is 0 Å². The van der Waals surface area contributed by atoms with E-state index < -0.39 is 23.8 Å². The van der Waals surface area contributed by atoms with Crippen LogP contribution in [0.3, 0.4) is 0 Å². The molecule has 0 saturated carbocycles. The van der Waals surface area contributed by atoms with Gasteiger partial charge in [0.15, 0.2) is 0 Å². The second kappa shape index (κ2) is 7.29. The van der Waals surface area contributed by atoms with Crippen molar-refractivity contribution in [2.45, 2.75) is 18.8 Å². The number of benzene rings is 1. The molecule has 0 amide bonds. The number of nitrogens with two attached hydrogens (primary N) is 1. The summed E-state index contributed by atoms with van der Waals surface area (Å²) in [6, 6.07) is 4.45. The largest absolute Gasteiger partial charge is 0.480 e. The van der Waals surface area contributed by atoms with Gasteiger partial charge in [0.1, 0.15) is 6.04 Å². The first kappa shape index (κ1) is 17.7. The zero-order valence-electron chi connectivity index (χ0n) is 12.6. The summed E-state index contributed by atoms with van der Waals surface area (Å²) in [5.74, 6) is -0.927. The van der Waals surface area contributed by atoms with Gasteiger partial charge < -0.3 is 10.8 Å². The number of carboxylic acids is 1. The van der Waals surface area contributed by atoms with Crippen LogP contribution in [-0.2, 0) is 17.5 Å². The topological polar surface area (TPSA) is 69.8 Å². The Kier molecular flexibility index (Phi) is 5.61. The number of carboxylic acid groups (broad SMARTS) is 1. The quantitative estimate of drug-likeness (QED) is 0.849. The van der Waals surface area contributed by atoms with Gasteiger partial charge in [-0.2, -0.15) is 13.2 Å². The SMILES string of the molecule is NC[C@@H](C(=O)O)N1CCN(Cc2ccc(C(F)(F)F)cc2)CC1. The van der Waals surface area contributed by atoms with Crippen LogP contribution in [0.25, 0.3) is 0 Å². The van der Waals surface area contributed by atoms with Crippen LogP contribution in [0.15, 0.2) is 24.3 Å². The highest BCUT2D eigenvalue weighted by atomic mass is 19.4. The normalized spacial score (nSPS) is 18.8. The summed E-state index contributed by atoms with van der Waals surface area (Å²) >= 11 is 0. The van der Waals surface area contributed by atoms with E-state index in [0.717, 1.165) is 17.7 Å². The monoisotopic (exact) mass is 331 g/mol. The highest BCUT2D eigenvalue weighted by molar-refractivity contribution is 5.73. The van der Waals surface area contributed by atoms with Crippen molar-refractivity contribution in [3.8, 4) is 0 Å². The molecule has 5 nitrogen and oxygen atoms in total. The number of halogens is 3. The molecule has 0 spiro atoms. The molecule has 1 aromatic rings. The fourth-order valence-corrected chi connectivity index (χ4v) is 2.70. The smallest absolute Gasteiger partial charge is 0.416 e. The summed E-state index contributed by atoms with van der Waals surface area (Å²) < 4.78 is 37.6. The van der Waals surface area contributed by atoms with Crippen LogP contribution in [-0.4, -0.2) is 59.6 Å². The molecule has 23 heavy (non-hydrogen) atoms. The van der Waals surface area contributed by atoms with E-state index in [1.165, 1.54) is 12.1 Å². The van der Waals surface area contributed by atoms with E-state index in [9.17, 15) is 18.0 Å². The predicted octanol–water partition coefficient (Wildman–Crippen LogP) is 1.23. The van der Waals surface area contributed by atoms with E-state index in [-0.39, 0.29) is 6.54 Å². The van der Waals surface area contributed by atoms with Gasteiger partial charge in [-0.1, -0.05) is 12.1 Å². The minimum atomic E-state index is -4.32. The molecule has 0 unspecified atom stereocenters. The van der Waals surface area contributed by atoms with Gasteiger partial charge in [0, 0.05) is 39.3 Å². The number of piperazine rings is 1. The van der Waals surface area contributed by atoms with Gasteiger partial charge in [-0.05, 0) is 17.7 Å². The van der Waals surface area contributed by atoms with Crippen LogP contribution >= 0.6 is 0 Å². The highest BCUT2D eigenvalue weighted by Gasteiger charge is 2.30. The molecule has 1 aliphatic rings. The summed E-state index contributed by atoms with van der Waals surface area (Å²) in [6.07, 6.45) is -4.32. The Bertz CT molecular complexity index is 526. The molecule has 1 atom stereocenters. The van der Waals surface area contributed by atoms with Crippen LogP contribution in [0.5, 0.6) is 0 Å². The van der Waals surface area contributed by atoms with Crippen LogP contribution in [0, 0.1) is 0 Å². The van der Waals surface area contributed by atoms with Crippen LogP contribution in [0.2, 0.25) is 0 Å². The lowest BCUT2D eigenvalue weighted by molar-refractivity contribution is -0.143. The fourth-order valence-electron chi connectivity index (χ4n) is 2.70. The maximum atomic E-state index is 12.5. The maximum absolute atomic E-state index is 12.5. The van der Waals surface area contributed by atoms with E-state index in [0.29, 0.717) is 32.7 Å². The lowest BCUT2D eigenvalue weighted by Gasteiger charge is -2.37. The molecule has 1 heterocycles. The van der Waals surface area contributed by atoms with Crippen LogP contribution in [0.4, 0.5) is 13.2 Å². The Morgan fingerprint density at radius 3 is 2.17 bits per heavy atom. The number of alkyl halides is 3. The van der Waals surface area contributed by atoms with Crippen LogP contribution in [0.1, 0.15) is 11.1 Å². The van der Waals surface area contributed by atoms with Gasteiger partial charge in [-0.15, -0.1) is 0 Å². The van der Waals surface area contributed by atoms with Crippen molar-refractivity contribution in [3.05, 3.63) is 35.4 Å². The second-order valence-corrected chi connectivity index (χ2v) is 5.60. The number of aliphatic carboxylic acids is 1. The third kappa shape index (κ3) is 4.66. The zero-order valence-corrected chi connectivity index (χ0v) is 12.6. The molecule has 0 bridgehead atoms. The number of carbonyl (C=O) groups is 1. The summed E-state index contributed by atoms with van der Waals surface area (Å²) in [5, 5.41) is 9.09. The Balaban J connectivity index is 1.88. The van der Waals surface area contributed by atoms with E-state index in [2.05, 4.69) is 4.90 Å². The minimum Gasteiger partial charge on any atom is -0.480 e. The first-order chi connectivity index (χ1) is 10.8.